The molecule has 1 amide bonds. The summed E-state index contributed by atoms with van der Waals surface area (Å²) in [6, 6.07) is 10.2. The Morgan fingerprint density at radius 2 is 1.97 bits per heavy atom. The highest BCUT2D eigenvalue weighted by atomic mass is 16.5. The summed E-state index contributed by atoms with van der Waals surface area (Å²) in [6.45, 7) is 2.08. The van der Waals surface area contributed by atoms with E-state index in [9.17, 15) is 9.59 Å². The van der Waals surface area contributed by atoms with Gasteiger partial charge in [-0.2, -0.15) is 0 Å². The number of ether oxygens (including phenoxy) is 1. The van der Waals surface area contributed by atoms with Crippen molar-refractivity contribution in [3.63, 3.8) is 0 Å². The van der Waals surface area contributed by atoms with Crippen LogP contribution in [0.15, 0.2) is 55.0 Å². The zero-order valence-corrected chi connectivity index (χ0v) is 17.1. The van der Waals surface area contributed by atoms with E-state index in [2.05, 4.69) is 39.6 Å². The molecule has 2 rings (SSSR count). The molecule has 1 atom stereocenters. The van der Waals surface area contributed by atoms with E-state index in [1.54, 1.807) is 25.5 Å². The van der Waals surface area contributed by atoms with Gasteiger partial charge in [0, 0.05) is 30.8 Å². The van der Waals surface area contributed by atoms with Crippen LogP contribution in [0.1, 0.15) is 50.3 Å². The van der Waals surface area contributed by atoms with Crippen LogP contribution < -0.4 is 5.32 Å². The number of aromatic nitrogens is 2. The number of nitrogens with zero attached hydrogens (tertiary/aromatic N) is 1. The summed E-state index contributed by atoms with van der Waals surface area (Å²) < 4.78 is 4.91. The minimum Gasteiger partial charge on any atom is -0.463 e. The molecule has 0 radical (unpaired) electrons. The number of benzene rings is 1. The van der Waals surface area contributed by atoms with E-state index in [0.717, 1.165) is 37.8 Å². The van der Waals surface area contributed by atoms with Gasteiger partial charge in [-0.25, -0.2) is 9.78 Å². The van der Waals surface area contributed by atoms with Gasteiger partial charge in [-0.15, -0.1) is 0 Å². The summed E-state index contributed by atoms with van der Waals surface area (Å²) in [6.07, 6.45) is 12.6. The van der Waals surface area contributed by atoms with E-state index in [1.807, 2.05) is 6.07 Å². The van der Waals surface area contributed by atoms with Gasteiger partial charge in [-0.3, -0.25) is 4.79 Å². The zero-order chi connectivity index (χ0) is 20.7. The lowest BCUT2D eigenvalue weighted by molar-refractivity contribution is -0.137. The van der Waals surface area contributed by atoms with Crippen molar-refractivity contribution < 1.29 is 14.3 Å². The lowest BCUT2D eigenvalue weighted by Gasteiger charge is -2.14. The van der Waals surface area contributed by atoms with Gasteiger partial charge in [0.1, 0.15) is 0 Å². The number of imidazole rings is 1. The fourth-order valence-electron chi connectivity index (χ4n) is 3.08. The van der Waals surface area contributed by atoms with Crippen LogP contribution in [0.4, 0.5) is 0 Å². The number of H-pyrrole nitrogens is 1. The molecule has 0 saturated carbocycles. The van der Waals surface area contributed by atoms with E-state index in [4.69, 9.17) is 4.74 Å². The summed E-state index contributed by atoms with van der Waals surface area (Å²) in [7, 11) is 0. The molecule has 0 fully saturated rings. The Bertz CT molecular complexity index is 742. The van der Waals surface area contributed by atoms with Crippen LogP contribution in [-0.4, -0.2) is 34.5 Å². The van der Waals surface area contributed by atoms with Gasteiger partial charge >= 0.3 is 5.97 Å². The number of aromatic amines is 1. The standard InChI is InChI=1S/C23H31N3O3/c1-2-29-23(28)15-14-20(16-21-17-24-18-25-21)26-22(27)13-9-4-3-6-10-19-11-7-5-8-12-19/h5,7-8,11-12,14-15,17-18,20H,2-4,6,9-10,13,16H2,1H3,(H,24,25)(H,26,27). The summed E-state index contributed by atoms with van der Waals surface area (Å²) >= 11 is 0. The molecule has 0 aliphatic heterocycles. The fraction of sp³-hybridized carbons (Fsp3) is 0.435. The zero-order valence-electron chi connectivity index (χ0n) is 17.1. The molecule has 0 aliphatic rings. The molecular formula is C23H31N3O3. The van der Waals surface area contributed by atoms with Crippen LogP contribution in [-0.2, 0) is 27.2 Å². The molecule has 0 aliphatic carbocycles. The number of carbonyl (C=O) groups excluding carboxylic acids is 2. The second-order valence-electron chi connectivity index (χ2n) is 6.97. The monoisotopic (exact) mass is 397 g/mol. The average molecular weight is 398 g/mol. The van der Waals surface area contributed by atoms with Gasteiger partial charge in [0.2, 0.25) is 5.91 Å². The third kappa shape index (κ3) is 9.74. The highest BCUT2D eigenvalue weighted by Gasteiger charge is 2.12. The van der Waals surface area contributed by atoms with Gasteiger partial charge in [0.25, 0.3) is 0 Å². The van der Waals surface area contributed by atoms with Crippen LogP contribution in [0.25, 0.3) is 0 Å². The summed E-state index contributed by atoms with van der Waals surface area (Å²) in [5.74, 6) is -0.416. The van der Waals surface area contributed by atoms with Gasteiger partial charge in [-0.05, 0) is 31.7 Å². The molecule has 2 aromatic rings. The number of amides is 1. The largest absolute Gasteiger partial charge is 0.463 e. The van der Waals surface area contributed by atoms with Crippen molar-refractivity contribution in [1.29, 1.82) is 0 Å². The highest BCUT2D eigenvalue weighted by Crippen LogP contribution is 2.09. The third-order valence-electron chi connectivity index (χ3n) is 4.55. The SMILES string of the molecule is CCOC(=O)C=CC(Cc1cnc[nH]1)NC(=O)CCCCCCc1ccccc1. The molecule has 1 aromatic heterocycles. The predicted molar refractivity (Wildman–Crippen MR) is 113 cm³/mol. The topological polar surface area (TPSA) is 84.1 Å². The summed E-state index contributed by atoms with van der Waals surface area (Å²) in [5, 5.41) is 2.99. The number of esters is 1. The molecule has 1 aromatic carbocycles. The molecule has 1 heterocycles. The maximum Gasteiger partial charge on any atom is 0.330 e. The van der Waals surface area contributed by atoms with Gasteiger partial charge in [0.15, 0.2) is 0 Å². The lowest BCUT2D eigenvalue weighted by atomic mass is 10.1. The highest BCUT2D eigenvalue weighted by molar-refractivity contribution is 5.82. The van der Waals surface area contributed by atoms with Crippen molar-refractivity contribution in [2.24, 2.45) is 0 Å². The Kier molecular flexibility index (Phi) is 10.3. The Balaban J connectivity index is 1.69. The van der Waals surface area contributed by atoms with Gasteiger partial charge < -0.3 is 15.0 Å². The van der Waals surface area contributed by atoms with Crippen molar-refractivity contribution in [3.8, 4) is 0 Å². The average Bonchev–Trinajstić information content (AvgIpc) is 3.23. The number of hydrogen-bond acceptors (Lipinski definition) is 4. The molecule has 0 bridgehead atoms. The van der Waals surface area contributed by atoms with Crippen molar-refractivity contribution in [1.82, 2.24) is 15.3 Å². The fourth-order valence-corrected chi connectivity index (χ4v) is 3.08. The minimum atomic E-state index is -0.408. The second-order valence-corrected chi connectivity index (χ2v) is 6.97. The smallest absolute Gasteiger partial charge is 0.330 e. The predicted octanol–water partition coefficient (Wildman–Crippen LogP) is 3.75. The maximum absolute atomic E-state index is 12.3. The van der Waals surface area contributed by atoms with Crippen molar-refractivity contribution in [3.05, 3.63) is 66.3 Å². The minimum absolute atomic E-state index is 0.00826. The first-order valence-corrected chi connectivity index (χ1v) is 10.3. The van der Waals surface area contributed by atoms with Crippen molar-refractivity contribution >= 4 is 11.9 Å². The Morgan fingerprint density at radius 1 is 1.17 bits per heavy atom. The van der Waals surface area contributed by atoms with Crippen LogP contribution in [0.3, 0.4) is 0 Å². The molecule has 2 N–H and O–H groups in total. The van der Waals surface area contributed by atoms with E-state index in [-0.39, 0.29) is 11.9 Å². The van der Waals surface area contributed by atoms with Crippen molar-refractivity contribution in [2.75, 3.05) is 6.61 Å². The summed E-state index contributed by atoms with van der Waals surface area (Å²) in [4.78, 5) is 30.9. The van der Waals surface area contributed by atoms with E-state index in [0.29, 0.717) is 19.4 Å². The van der Waals surface area contributed by atoms with Gasteiger partial charge in [-0.1, -0.05) is 49.2 Å². The van der Waals surface area contributed by atoms with Crippen LogP contribution in [0, 0.1) is 0 Å². The van der Waals surface area contributed by atoms with Gasteiger partial charge in [0.05, 0.1) is 19.0 Å². The molecule has 0 saturated heterocycles. The Hall–Kier alpha value is -2.89. The second kappa shape index (κ2) is 13.3. The molecule has 29 heavy (non-hydrogen) atoms. The molecule has 6 nitrogen and oxygen atoms in total. The quantitative estimate of drug-likeness (QED) is 0.306. The normalized spacial score (nSPS) is 12.0. The number of rotatable bonds is 13. The van der Waals surface area contributed by atoms with E-state index >= 15 is 0 Å². The number of aryl methyl sites for hydroxylation is 1. The first-order chi connectivity index (χ1) is 14.2. The van der Waals surface area contributed by atoms with Crippen LogP contribution in [0.5, 0.6) is 0 Å². The van der Waals surface area contributed by atoms with E-state index in [1.165, 1.54) is 11.6 Å². The lowest BCUT2D eigenvalue weighted by Crippen LogP contribution is -2.35. The number of hydrogen-bond donors (Lipinski definition) is 2. The first kappa shape index (κ1) is 22.4. The molecule has 156 valence electrons. The number of unbranched alkanes of at least 4 members (excludes halogenated alkanes) is 3. The Morgan fingerprint density at radius 3 is 2.69 bits per heavy atom. The molecule has 0 spiro atoms. The number of carbonyl (C=O) groups is 2. The molecular weight excluding hydrogens is 366 g/mol. The number of nitrogens with one attached hydrogen (secondary N) is 2. The van der Waals surface area contributed by atoms with Crippen LogP contribution >= 0.6 is 0 Å². The molecule has 6 heteroatoms. The van der Waals surface area contributed by atoms with E-state index < -0.39 is 5.97 Å². The Labute approximate surface area is 172 Å². The summed E-state index contributed by atoms with van der Waals surface area (Å²) in [5.41, 5.74) is 2.25. The van der Waals surface area contributed by atoms with Crippen molar-refractivity contribution in [2.45, 2.75) is 57.9 Å². The maximum atomic E-state index is 12.3. The molecule has 1 unspecified atom stereocenters. The van der Waals surface area contributed by atoms with Crippen LogP contribution in [0.2, 0.25) is 0 Å². The third-order valence-corrected chi connectivity index (χ3v) is 4.55. The first-order valence-electron chi connectivity index (χ1n) is 10.3.